The Hall–Kier alpha value is -2.37. The highest BCUT2D eigenvalue weighted by Gasteiger charge is 2.33. The molecule has 1 aromatic heterocycles. The third kappa shape index (κ3) is 4.21. The van der Waals surface area contributed by atoms with Crippen molar-refractivity contribution in [2.75, 3.05) is 42.8 Å². The van der Waals surface area contributed by atoms with Crippen molar-refractivity contribution in [1.29, 1.82) is 0 Å². The van der Waals surface area contributed by atoms with Crippen LogP contribution in [0.25, 0.3) is 0 Å². The zero-order chi connectivity index (χ0) is 22.2. The van der Waals surface area contributed by atoms with Crippen LogP contribution in [0.5, 0.6) is 0 Å². The minimum Gasteiger partial charge on any atom is -0.459 e. The maximum absolute atomic E-state index is 13.2. The molecule has 2 fully saturated rings. The highest BCUT2D eigenvalue weighted by Crippen LogP contribution is 2.29. The highest BCUT2D eigenvalue weighted by atomic mass is 32.2. The quantitative estimate of drug-likeness (QED) is 0.677. The molecule has 31 heavy (non-hydrogen) atoms. The lowest BCUT2D eigenvalue weighted by molar-refractivity contribution is 0.0666. The summed E-state index contributed by atoms with van der Waals surface area (Å²) in [5, 5.41) is 0. The number of carbonyl (C=O) groups is 1. The van der Waals surface area contributed by atoms with E-state index >= 15 is 0 Å². The minimum atomic E-state index is -3.77. The van der Waals surface area contributed by atoms with Crippen molar-refractivity contribution in [3.8, 4) is 0 Å². The number of anilines is 1. The molecule has 0 unspecified atom stereocenters. The molecule has 0 atom stereocenters. The largest absolute Gasteiger partial charge is 0.459 e. The fourth-order valence-corrected chi connectivity index (χ4v) is 7.24. The van der Waals surface area contributed by atoms with Gasteiger partial charge in [0.15, 0.2) is 5.76 Å². The van der Waals surface area contributed by atoms with Gasteiger partial charge in [-0.25, -0.2) is 16.8 Å². The number of carbonyl (C=O) groups excluding carboxylic acids is 1. The molecule has 0 aliphatic carbocycles. The van der Waals surface area contributed by atoms with E-state index in [-0.39, 0.29) is 48.5 Å². The predicted molar refractivity (Wildman–Crippen MR) is 115 cm³/mol. The van der Waals surface area contributed by atoms with Crippen LogP contribution < -0.4 is 4.31 Å². The van der Waals surface area contributed by atoms with Crippen LogP contribution in [0.15, 0.2) is 45.9 Å². The van der Waals surface area contributed by atoms with E-state index in [1.165, 1.54) is 20.9 Å². The molecule has 0 N–H and O–H groups in total. The number of rotatable bonds is 4. The molecule has 4 rings (SSSR count). The molecular formula is C20H25N3O6S2. The fourth-order valence-electron chi connectivity index (χ4n) is 3.98. The number of amides is 1. The lowest BCUT2D eigenvalue weighted by Gasteiger charge is -2.34. The van der Waals surface area contributed by atoms with Gasteiger partial charge in [-0.3, -0.25) is 9.10 Å². The number of hydrogen-bond acceptors (Lipinski definition) is 6. The number of hydrogen-bond donors (Lipinski definition) is 0. The van der Waals surface area contributed by atoms with Crippen LogP contribution in [0.1, 0.15) is 29.0 Å². The Morgan fingerprint density at radius 3 is 2.39 bits per heavy atom. The molecule has 1 amide bonds. The van der Waals surface area contributed by atoms with Crippen LogP contribution in [-0.4, -0.2) is 70.4 Å². The van der Waals surface area contributed by atoms with E-state index in [0.717, 1.165) is 6.42 Å². The fraction of sp³-hybridized carbons (Fsp3) is 0.450. The molecule has 3 heterocycles. The molecule has 9 nitrogen and oxygen atoms in total. The van der Waals surface area contributed by atoms with E-state index in [4.69, 9.17) is 4.42 Å². The van der Waals surface area contributed by atoms with Crippen LogP contribution in [0.4, 0.5) is 5.69 Å². The summed E-state index contributed by atoms with van der Waals surface area (Å²) in [4.78, 5) is 14.1. The monoisotopic (exact) mass is 467 g/mol. The van der Waals surface area contributed by atoms with Crippen molar-refractivity contribution in [3.05, 3.63) is 47.9 Å². The van der Waals surface area contributed by atoms with Gasteiger partial charge < -0.3 is 9.32 Å². The van der Waals surface area contributed by atoms with Gasteiger partial charge >= 0.3 is 0 Å². The first-order valence-electron chi connectivity index (χ1n) is 10.1. The van der Waals surface area contributed by atoms with Crippen molar-refractivity contribution in [3.63, 3.8) is 0 Å². The Labute approximate surface area is 182 Å². The number of sulfonamides is 2. The Morgan fingerprint density at radius 1 is 1.03 bits per heavy atom. The summed E-state index contributed by atoms with van der Waals surface area (Å²) in [6, 6.07) is 7.87. The van der Waals surface area contributed by atoms with Crippen molar-refractivity contribution >= 4 is 31.6 Å². The van der Waals surface area contributed by atoms with Crippen LogP contribution in [0.3, 0.4) is 0 Å². The topological polar surface area (TPSA) is 108 Å². The van der Waals surface area contributed by atoms with Gasteiger partial charge in [0.1, 0.15) is 0 Å². The first kappa shape index (κ1) is 21.8. The van der Waals surface area contributed by atoms with E-state index in [1.807, 2.05) is 0 Å². The van der Waals surface area contributed by atoms with Gasteiger partial charge in [0.05, 0.1) is 22.6 Å². The summed E-state index contributed by atoms with van der Waals surface area (Å²) >= 11 is 0. The summed E-state index contributed by atoms with van der Waals surface area (Å²) in [7, 11) is -7.13. The second-order valence-corrected chi connectivity index (χ2v) is 11.6. The van der Waals surface area contributed by atoms with Crippen LogP contribution >= 0.6 is 0 Å². The summed E-state index contributed by atoms with van der Waals surface area (Å²) in [5.41, 5.74) is 0.984. The molecule has 11 heteroatoms. The Kier molecular flexibility index (Phi) is 5.84. The second kappa shape index (κ2) is 8.29. The molecule has 2 aliphatic heterocycles. The van der Waals surface area contributed by atoms with Gasteiger partial charge in [-0.2, -0.15) is 4.31 Å². The van der Waals surface area contributed by atoms with Gasteiger partial charge in [0.2, 0.25) is 20.0 Å². The normalized spacial score (nSPS) is 20.0. The van der Waals surface area contributed by atoms with Crippen LogP contribution in [0, 0.1) is 6.92 Å². The molecule has 0 saturated carbocycles. The zero-order valence-electron chi connectivity index (χ0n) is 17.2. The van der Waals surface area contributed by atoms with Gasteiger partial charge in [-0.15, -0.1) is 0 Å². The SMILES string of the molecule is Cc1cc(N2CCCCS2(=O)=O)ccc1S(=O)(=O)N1CCN(C(=O)c2ccco2)CC1. The third-order valence-electron chi connectivity index (χ3n) is 5.67. The molecule has 0 bridgehead atoms. The second-order valence-electron chi connectivity index (χ2n) is 7.72. The lowest BCUT2D eigenvalue weighted by Crippen LogP contribution is -2.50. The maximum Gasteiger partial charge on any atom is 0.289 e. The molecule has 0 radical (unpaired) electrons. The third-order valence-corrected chi connectivity index (χ3v) is 9.60. The van der Waals surface area contributed by atoms with Crippen molar-refractivity contribution in [2.24, 2.45) is 0 Å². The summed E-state index contributed by atoms with van der Waals surface area (Å²) in [6.07, 6.45) is 2.84. The summed E-state index contributed by atoms with van der Waals surface area (Å²) in [5.74, 6) is 0.0772. The number of furan rings is 1. The Balaban J connectivity index is 1.50. The first-order valence-corrected chi connectivity index (χ1v) is 13.2. The molecule has 168 valence electrons. The number of aryl methyl sites for hydroxylation is 1. The van der Waals surface area contributed by atoms with Gasteiger partial charge in [0.25, 0.3) is 5.91 Å². The average Bonchev–Trinajstić information content (AvgIpc) is 3.27. The molecule has 2 aliphatic rings. The molecule has 0 spiro atoms. The van der Waals surface area contributed by atoms with Crippen LogP contribution in [-0.2, 0) is 20.0 Å². The summed E-state index contributed by atoms with van der Waals surface area (Å²) in [6.45, 7) is 2.96. The van der Waals surface area contributed by atoms with E-state index in [9.17, 15) is 21.6 Å². The highest BCUT2D eigenvalue weighted by molar-refractivity contribution is 7.92. The Morgan fingerprint density at radius 2 is 1.77 bits per heavy atom. The number of nitrogens with zero attached hydrogens (tertiary/aromatic N) is 3. The smallest absolute Gasteiger partial charge is 0.289 e. The van der Waals surface area contributed by atoms with E-state index in [2.05, 4.69) is 0 Å². The van der Waals surface area contributed by atoms with Crippen molar-refractivity contribution in [2.45, 2.75) is 24.7 Å². The molecule has 2 saturated heterocycles. The average molecular weight is 468 g/mol. The lowest BCUT2D eigenvalue weighted by atomic mass is 10.2. The minimum absolute atomic E-state index is 0.104. The zero-order valence-corrected chi connectivity index (χ0v) is 18.9. The number of benzene rings is 1. The first-order chi connectivity index (χ1) is 14.7. The molecule has 2 aromatic rings. The van der Waals surface area contributed by atoms with Crippen LogP contribution in [0.2, 0.25) is 0 Å². The standard InChI is InChI=1S/C20H25N3O6S2/c1-16-15-17(23-8-2-3-14-30(23,25)26)6-7-19(16)31(27,28)22-11-9-21(10-12-22)20(24)18-5-4-13-29-18/h4-7,13,15H,2-3,8-12,14H2,1H3. The van der Waals surface area contributed by atoms with Crippen molar-refractivity contribution < 1.29 is 26.0 Å². The van der Waals surface area contributed by atoms with Gasteiger partial charge in [-0.05, 0) is 55.7 Å². The van der Waals surface area contributed by atoms with Crippen molar-refractivity contribution in [1.82, 2.24) is 9.21 Å². The number of piperazine rings is 1. The van der Waals surface area contributed by atoms with E-state index in [1.54, 1.807) is 36.1 Å². The van der Waals surface area contributed by atoms with Gasteiger partial charge in [-0.1, -0.05) is 0 Å². The Bertz CT molecular complexity index is 1170. The maximum atomic E-state index is 13.2. The predicted octanol–water partition coefficient (Wildman–Crippen LogP) is 1.66. The van der Waals surface area contributed by atoms with E-state index < -0.39 is 20.0 Å². The molecule has 1 aromatic carbocycles. The van der Waals surface area contributed by atoms with E-state index in [0.29, 0.717) is 24.2 Å². The molecular weight excluding hydrogens is 442 g/mol. The van der Waals surface area contributed by atoms with Gasteiger partial charge in [0, 0.05) is 32.7 Å². The summed E-state index contributed by atoms with van der Waals surface area (Å²) < 4.78 is 59.0.